The molecule has 1 atom stereocenters. The van der Waals surface area contributed by atoms with Gasteiger partial charge in [-0.3, -0.25) is 4.79 Å². The number of nitrogens with zero attached hydrogens (tertiary/aromatic N) is 2. The van der Waals surface area contributed by atoms with Crippen molar-refractivity contribution in [3.63, 3.8) is 0 Å². The van der Waals surface area contributed by atoms with E-state index in [-0.39, 0.29) is 28.9 Å². The van der Waals surface area contributed by atoms with Crippen molar-refractivity contribution in [1.82, 2.24) is 5.32 Å². The summed E-state index contributed by atoms with van der Waals surface area (Å²) in [6.45, 7) is 7.23. The number of carbonyl (C=O) groups is 2. The summed E-state index contributed by atoms with van der Waals surface area (Å²) in [5.74, 6) is -0.908. The lowest BCUT2D eigenvalue weighted by Crippen LogP contribution is -2.51. The summed E-state index contributed by atoms with van der Waals surface area (Å²) in [5.41, 5.74) is 5.46. The average molecular weight is 364 g/mol. The lowest BCUT2D eigenvalue weighted by molar-refractivity contribution is -0.145. The highest BCUT2D eigenvalue weighted by atomic mass is 16.6. The number of anilines is 1. The van der Waals surface area contributed by atoms with E-state index in [9.17, 15) is 14.9 Å². The fourth-order valence-electron chi connectivity index (χ4n) is 4.36. The molecule has 7 heteroatoms. The number of carbonyl (C=O) groups excluding carboxylic acids is 2. The molecule has 1 aromatic carbocycles. The Kier molecular flexibility index (Phi) is 3.26. The maximum absolute atomic E-state index is 13.8. The van der Waals surface area contributed by atoms with E-state index in [1.165, 1.54) is 0 Å². The molecule has 3 aliphatic heterocycles. The highest BCUT2D eigenvalue weighted by Gasteiger charge is 2.65. The normalized spacial score (nSPS) is 25.6. The number of rotatable bonds is 1. The van der Waals surface area contributed by atoms with Crippen LogP contribution in [0.3, 0.4) is 0 Å². The molecule has 1 aromatic rings. The van der Waals surface area contributed by atoms with E-state index < -0.39 is 17.0 Å². The lowest BCUT2D eigenvalue weighted by atomic mass is 9.67. The van der Waals surface area contributed by atoms with Gasteiger partial charge >= 0.3 is 5.97 Å². The van der Waals surface area contributed by atoms with Gasteiger partial charge in [0.1, 0.15) is 22.9 Å². The third-order valence-electron chi connectivity index (χ3n) is 5.42. The number of cyclic esters (lactones) is 1. The molecular formula is C20H20N4O3. The molecule has 3 heterocycles. The smallest absolute Gasteiger partial charge is 0.338 e. The minimum Gasteiger partial charge on any atom is -0.450 e. The van der Waals surface area contributed by atoms with Gasteiger partial charge in [-0.2, -0.15) is 5.26 Å². The van der Waals surface area contributed by atoms with E-state index in [1.54, 1.807) is 30.9 Å². The minimum absolute atomic E-state index is 0.0245. The first-order valence-electron chi connectivity index (χ1n) is 8.77. The van der Waals surface area contributed by atoms with E-state index in [0.717, 1.165) is 0 Å². The number of fused-ring (bicyclic) bond motifs is 3. The molecule has 0 saturated carbocycles. The van der Waals surface area contributed by atoms with Gasteiger partial charge in [-0.15, -0.1) is 0 Å². The summed E-state index contributed by atoms with van der Waals surface area (Å²) < 4.78 is 5.54. The van der Waals surface area contributed by atoms with Crippen molar-refractivity contribution >= 4 is 17.6 Å². The van der Waals surface area contributed by atoms with Crippen molar-refractivity contribution in [2.45, 2.75) is 44.8 Å². The van der Waals surface area contributed by atoms with Crippen LogP contribution in [0, 0.1) is 11.3 Å². The SMILES string of the molecule is CC(C)N1C(=O)[C@@]2(C(C#N)=C(N)NC3=C2C(=O)OC3(C)C)c2ccccc21. The van der Waals surface area contributed by atoms with E-state index in [1.807, 2.05) is 26.0 Å². The molecule has 3 aliphatic rings. The van der Waals surface area contributed by atoms with Crippen LogP contribution in [0.15, 0.2) is 46.9 Å². The maximum atomic E-state index is 13.8. The molecule has 0 fully saturated rings. The maximum Gasteiger partial charge on any atom is 0.338 e. The van der Waals surface area contributed by atoms with Gasteiger partial charge in [0.15, 0.2) is 0 Å². The second-order valence-corrected chi connectivity index (χ2v) is 7.71. The molecule has 0 aromatic heterocycles. The zero-order valence-electron chi connectivity index (χ0n) is 15.6. The fourth-order valence-corrected chi connectivity index (χ4v) is 4.36. The number of ether oxygens (including phenoxy) is 1. The van der Waals surface area contributed by atoms with Crippen molar-refractivity contribution in [2.75, 3.05) is 4.90 Å². The largest absolute Gasteiger partial charge is 0.450 e. The van der Waals surface area contributed by atoms with Gasteiger partial charge in [0.05, 0.1) is 16.8 Å². The van der Waals surface area contributed by atoms with Gasteiger partial charge in [-0.05, 0) is 33.8 Å². The zero-order valence-corrected chi connectivity index (χ0v) is 15.6. The summed E-state index contributed by atoms with van der Waals surface area (Å²) in [6.07, 6.45) is 0. The van der Waals surface area contributed by atoms with Crippen LogP contribution in [0.5, 0.6) is 0 Å². The number of amides is 1. The molecular weight excluding hydrogens is 344 g/mol. The third-order valence-corrected chi connectivity index (χ3v) is 5.42. The first kappa shape index (κ1) is 17.2. The number of esters is 1. The van der Waals surface area contributed by atoms with Gasteiger partial charge in [-0.25, -0.2) is 4.79 Å². The van der Waals surface area contributed by atoms with Crippen molar-refractivity contribution < 1.29 is 14.3 Å². The summed E-state index contributed by atoms with van der Waals surface area (Å²) in [4.78, 5) is 28.4. The first-order valence-corrected chi connectivity index (χ1v) is 8.77. The van der Waals surface area contributed by atoms with Gasteiger partial charge in [-0.1, -0.05) is 18.2 Å². The first-order chi connectivity index (χ1) is 12.7. The Bertz CT molecular complexity index is 1010. The standard InChI is InChI=1S/C20H20N4O3/c1-10(2)24-13-8-6-5-7-11(13)20(18(24)26)12(9-21)16(22)23-15-14(20)17(25)27-19(15,3)4/h5-8,10,23H,22H2,1-4H3/t20-/m1/s1. The molecule has 4 rings (SSSR count). The van der Waals surface area contributed by atoms with Crippen LogP contribution < -0.4 is 16.0 Å². The Morgan fingerprint density at radius 3 is 2.56 bits per heavy atom. The monoisotopic (exact) mass is 364 g/mol. The van der Waals surface area contributed by atoms with Crippen LogP contribution in [0.2, 0.25) is 0 Å². The molecule has 0 aliphatic carbocycles. The molecule has 0 bridgehead atoms. The van der Waals surface area contributed by atoms with Crippen molar-refractivity contribution in [3.8, 4) is 6.07 Å². The molecule has 0 radical (unpaired) electrons. The minimum atomic E-state index is -1.59. The van der Waals surface area contributed by atoms with Gasteiger partial charge < -0.3 is 20.7 Å². The zero-order chi connectivity index (χ0) is 19.7. The van der Waals surface area contributed by atoms with Crippen LogP contribution in [0.25, 0.3) is 0 Å². The Labute approximate surface area is 157 Å². The molecule has 0 unspecified atom stereocenters. The van der Waals surface area contributed by atoms with Crippen molar-refractivity contribution in [1.29, 1.82) is 5.26 Å². The van der Waals surface area contributed by atoms with E-state index >= 15 is 0 Å². The van der Waals surface area contributed by atoms with Crippen molar-refractivity contribution in [3.05, 3.63) is 52.5 Å². The Morgan fingerprint density at radius 2 is 1.93 bits per heavy atom. The topological polar surface area (TPSA) is 108 Å². The number of dihydropyridines is 1. The highest BCUT2D eigenvalue weighted by Crippen LogP contribution is 2.56. The van der Waals surface area contributed by atoms with E-state index in [0.29, 0.717) is 16.9 Å². The molecule has 0 saturated heterocycles. The van der Waals surface area contributed by atoms with Gasteiger partial charge in [0.2, 0.25) is 5.91 Å². The molecule has 1 amide bonds. The van der Waals surface area contributed by atoms with Crippen LogP contribution >= 0.6 is 0 Å². The molecule has 7 nitrogen and oxygen atoms in total. The van der Waals surface area contributed by atoms with Crippen molar-refractivity contribution in [2.24, 2.45) is 5.73 Å². The summed E-state index contributed by atoms with van der Waals surface area (Å²) in [7, 11) is 0. The molecule has 3 N–H and O–H groups in total. The Hall–Kier alpha value is -3.27. The van der Waals surface area contributed by atoms with Crippen LogP contribution in [0.4, 0.5) is 5.69 Å². The van der Waals surface area contributed by atoms with E-state index in [4.69, 9.17) is 10.5 Å². The van der Waals surface area contributed by atoms with Gasteiger partial charge in [0, 0.05) is 17.3 Å². The number of nitrogens with two attached hydrogens (primary N) is 1. The lowest BCUT2D eigenvalue weighted by Gasteiger charge is -2.35. The predicted octanol–water partition coefficient (Wildman–Crippen LogP) is 1.57. The second kappa shape index (κ2) is 5.13. The van der Waals surface area contributed by atoms with Crippen LogP contribution in [0.1, 0.15) is 33.3 Å². The van der Waals surface area contributed by atoms with E-state index in [2.05, 4.69) is 11.4 Å². The number of hydrogen-bond donors (Lipinski definition) is 2. The number of nitrogens with one attached hydrogen (secondary N) is 1. The average Bonchev–Trinajstić information content (AvgIpc) is 2.97. The number of hydrogen-bond acceptors (Lipinski definition) is 6. The Balaban J connectivity index is 2.16. The number of nitriles is 1. The van der Waals surface area contributed by atoms with Crippen LogP contribution in [-0.4, -0.2) is 23.5 Å². The number of para-hydroxylation sites is 1. The summed E-state index contributed by atoms with van der Waals surface area (Å²) in [6, 6.07) is 9.12. The summed E-state index contributed by atoms with van der Waals surface area (Å²) >= 11 is 0. The molecule has 1 spiro atoms. The fraction of sp³-hybridized carbons (Fsp3) is 0.350. The molecule has 138 valence electrons. The Morgan fingerprint density at radius 1 is 1.26 bits per heavy atom. The van der Waals surface area contributed by atoms with Crippen LogP contribution in [-0.2, 0) is 19.7 Å². The predicted molar refractivity (Wildman–Crippen MR) is 97.9 cm³/mol. The second-order valence-electron chi connectivity index (χ2n) is 7.71. The molecule has 27 heavy (non-hydrogen) atoms. The summed E-state index contributed by atoms with van der Waals surface area (Å²) in [5, 5.41) is 12.9. The number of benzene rings is 1. The highest BCUT2D eigenvalue weighted by molar-refractivity contribution is 6.19. The third kappa shape index (κ3) is 1.85. The van der Waals surface area contributed by atoms with Gasteiger partial charge in [0.25, 0.3) is 0 Å². The quantitative estimate of drug-likeness (QED) is 0.732.